The van der Waals surface area contributed by atoms with E-state index in [0.29, 0.717) is 6.04 Å². The van der Waals surface area contributed by atoms with E-state index < -0.39 is 0 Å². The van der Waals surface area contributed by atoms with Crippen molar-refractivity contribution >= 4 is 0 Å². The van der Waals surface area contributed by atoms with Crippen molar-refractivity contribution in [2.45, 2.75) is 50.3 Å². The fraction of sp³-hybridized carbons (Fsp3) is 0.667. The molecular formula is C18H26N2O. The molecule has 114 valence electrons. The van der Waals surface area contributed by atoms with E-state index in [-0.39, 0.29) is 6.10 Å². The number of rotatable bonds is 1. The Hall–Kier alpha value is -0.900. The van der Waals surface area contributed by atoms with Crippen molar-refractivity contribution in [3.8, 4) is 0 Å². The first kappa shape index (κ1) is 13.7. The van der Waals surface area contributed by atoms with Gasteiger partial charge in [0, 0.05) is 31.7 Å². The van der Waals surface area contributed by atoms with Crippen LogP contribution in [-0.4, -0.2) is 53.2 Å². The number of hydrogen-bond donors (Lipinski definition) is 1. The molecule has 3 unspecified atom stereocenters. The van der Waals surface area contributed by atoms with Gasteiger partial charge in [0.25, 0.3) is 0 Å². The summed E-state index contributed by atoms with van der Waals surface area (Å²) in [7, 11) is 0. The van der Waals surface area contributed by atoms with Crippen LogP contribution in [0.25, 0.3) is 0 Å². The monoisotopic (exact) mass is 286 g/mol. The Balaban J connectivity index is 1.50. The summed E-state index contributed by atoms with van der Waals surface area (Å²) >= 11 is 0. The summed E-state index contributed by atoms with van der Waals surface area (Å²) in [4.78, 5) is 5.25. The second-order valence-corrected chi connectivity index (χ2v) is 6.93. The molecule has 2 heterocycles. The van der Waals surface area contributed by atoms with Gasteiger partial charge in [-0.1, -0.05) is 30.7 Å². The molecule has 1 aliphatic carbocycles. The second kappa shape index (κ2) is 5.71. The molecule has 3 atom stereocenters. The molecule has 0 bridgehead atoms. The van der Waals surface area contributed by atoms with Gasteiger partial charge in [0.2, 0.25) is 0 Å². The molecule has 2 aliphatic heterocycles. The molecule has 2 saturated heterocycles. The van der Waals surface area contributed by atoms with Crippen LogP contribution in [0.5, 0.6) is 0 Å². The maximum Gasteiger partial charge on any atom is 0.0947 e. The van der Waals surface area contributed by atoms with E-state index in [2.05, 4.69) is 34.1 Å². The van der Waals surface area contributed by atoms with Crippen molar-refractivity contribution in [3.63, 3.8) is 0 Å². The summed E-state index contributed by atoms with van der Waals surface area (Å²) in [5.74, 6) is 0. The molecule has 0 amide bonds. The van der Waals surface area contributed by atoms with Crippen LogP contribution >= 0.6 is 0 Å². The van der Waals surface area contributed by atoms with E-state index in [9.17, 15) is 5.11 Å². The third-order valence-corrected chi connectivity index (χ3v) is 5.79. The van der Waals surface area contributed by atoms with Crippen LogP contribution in [0.2, 0.25) is 0 Å². The minimum absolute atomic E-state index is 0.301. The summed E-state index contributed by atoms with van der Waals surface area (Å²) in [6.07, 6.45) is 6.01. The predicted octanol–water partition coefficient (Wildman–Crippen LogP) is 2.20. The lowest BCUT2D eigenvalue weighted by Crippen LogP contribution is -2.58. The zero-order chi connectivity index (χ0) is 14.2. The van der Waals surface area contributed by atoms with E-state index in [1.165, 1.54) is 43.5 Å². The highest BCUT2D eigenvalue weighted by molar-refractivity contribution is 5.32. The molecule has 4 rings (SSSR count). The minimum Gasteiger partial charge on any atom is -0.387 e. The van der Waals surface area contributed by atoms with Gasteiger partial charge in [0.1, 0.15) is 0 Å². The highest BCUT2D eigenvalue weighted by Crippen LogP contribution is 2.34. The third-order valence-electron chi connectivity index (χ3n) is 5.79. The Bertz CT molecular complexity index is 504. The van der Waals surface area contributed by atoms with E-state index in [1.54, 1.807) is 0 Å². The number of aliphatic hydroxyl groups is 1. The van der Waals surface area contributed by atoms with Gasteiger partial charge < -0.3 is 5.11 Å². The van der Waals surface area contributed by atoms with Gasteiger partial charge in [0.05, 0.1) is 6.10 Å². The van der Waals surface area contributed by atoms with Crippen LogP contribution in [0.1, 0.15) is 42.9 Å². The van der Waals surface area contributed by atoms with Crippen LogP contribution < -0.4 is 0 Å². The Morgan fingerprint density at radius 1 is 0.952 bits per heavy atom. The highest BCUT2D eigenvalue weighted by atomic mass is 16.3. The normalized spacial score (nSPS) is 34.2. The van der Waals surface area contributed by atoms with Gasteiger partial charge in [-0.2, -0.15) is 0 Å². The van der Waals surface area contributed by atoms with E-state index in [0.717, 1.165) is 32.0 Å². The van der Waals surface area contributed by atoms with Gasteiger partial charge in [0.15, 0.2) is 0 Å². The van der Waals surface area contributed by atoms with Crippen LogP contribution in [0.15, 0.2) is 24.3 Å². The Morgan fingerprint density at radius 2 is 1.81 bits per heavy atom. The van der Waals surface area contributed by atoms with Gasteiger partial charge in [-0.3, -0.25) is 9.80 Å². The second-order valence-electron chi connectivity index (χ2n) is 6.93. The molecule has 2 fully saturated rings. The average molecular weight is 286 g/mol. The molecule has 0 aromatic heterocycles. The standard InChI is InChI=1S/C18H26N2O/c21-18-16-7-2-1-5-14(16)8-9-17(18)20-12-11-19-10-4-3-6-15(19)13-20/h1-2,5,7,15,17-18,21H,3-4,6,8-13H2. The van der Waals surface area contributed by atoms with Crippen molar-refractivity contribution < 1.29 is 5.11 Å². The molecule has 1 aromatic carbocycles. The SMILES string of the molecule is OC1c2ccccc2CCC1N1CCN2CCCCC2C1. The van der Waals surface area contributed by atoms with Crippen LogP contribution in [0, 0.1) is 0 Å². The largest absolute Gasteiger partial charge is 0.387 e. The van der Waals surface area contributed by atoms with Gasteiger partial charge >= 0.3 is 0 Å². The molecule has 0 radical (unpaired) electrons. The van der Waals surface area contributed by atoms with Crippen molar-refractivity contribution in [2.24, 2.45) is 0 Å². The molecule has 3 nitrogen and oxygen atoms in total. The smallest absolute Gasteiger partial charge is 0.0947 e. The minimum atomic E-state index is -0.301. The predicted molar refractivity (Wildman–Crippen MR) is 84.3 cm³/mol. The summed E-state index contributed by atoms with van der Waals surface area (Å²) in [6.45, 7) is 4.76. The van der Waals surface area contributed by atoms with Crippen molar-refractivity contribution in [3.05, 3.63) is 35.4 Å². The molecule has 3 aliphatic rings. The van der Waals surface area contributed by atoms with Gasteiger partial charge in [-0.15, -0.1) is 0 Å². The molecule has 1 N–H and O–H groups in total. The zero-order valence-electron chi connectivity index (χ0n) is 12.7. The number of hydrogen-bond acceptors (Lipinski definition) is 3. The molecule has 1 aromatic rings. The molecule has 0 spiro atoms. The summed E-state index contributed by atoms with van der Waals surface area (Å²) < 4.78 is 0. The Labute approximate surface area is 127 Å². The first-order valence-corrected chi connectivity index (χ1v) is 8.57. The fourth-order valence-electron chi connectivity index (χ4n) is 4.58. The van der Waals surface area contributed by atoms with Crippen molar-refractivity contribution in [1.29, 1.82) is 0 Å². The Morgan fingerprint density at radius 3 is 2.76 bits per heavy atom. The number of aliphatic hydroxyl groups excluding tert-OH is 1. The van der Waals surface area contributed by atoms with Crippen molar-refractivity contribution in [2.75, 3.05) is 26.2 Å². The van der Waals surface area contributed by atoms with E-state index in [1.807, 2.05) is 0 Å². The molecule has 0 saturated carbocycles. The molecule has 21 heavy (non-hydrogen) atoms. The topological polar surface area (TPSA) is 26.7 Å². The fourth-order valence-corrected chi connectivity index (χ4v) is 4.58. The number of piperazine rings is 1. The highest BCUT2D eigenvalue weighted by Gasteiger charge is 2.37. The number of fused-ring (bicyclic) bond motifs is 2. The lowest BCUT2D eigenvalue weighted by molar-refractivity contribution is -0.0221. The number of piperidine rings is 1. The van der Waals surface area contributed by atoms with E-state index >= 15 is 0 Å². The zero-order valence-corrected chi connectivity index (χ0v) is 12.7. The van der Waals surface area contributed by atoms with Gasteiger partial charge in [-0.05, 0) is 43.4 Å². The Kier molecular flexibility index (Phi) is 3.74. The molecular weight excluding hydrogens is 260 g/mol. The average Bonchev–Trinajstić information content (AvgIpc) is 2.55. The maximum atomic E-state index is 10.8. The molecule has 3 heteroatoms. The van der Waals surface area contributed by atoms with Crippen LogP contribution in [0.4, 0.5) is 0 Å². The first-order chi connectivity index (χ1) is 10.3. The summed E-state index contributed by atoms with van der Waals surface area (Å²) in [6, 6.07) is 9.49. The first-order valence-electron chi connectivity index (χ1n) is 8.57. The lowest BCUT2D eigenvalue weighted by atomic mass is 9.84. The quantitative estimate of drug-likeness (QED) is 0.857. The summed E-state index contributed by atoms with van der Waals surface area (Å²) in [5.41, 5.74) is 2.51. The van der Waals surface area contributed by atoms with Gasteiger partial charge in [-0.25, -0.2) is 0 Å². The van der Waals surface area contributed by atoms with Crippen LogP contribution in [0.3, 0.4) is 0 Å². The number of benzene rings is 1. The third kappa shape index (κ3) is 2.52. The maximum absolute atomic E-state index is 10.8. The van der Waals surface area contributed by atoms with Crippen molar-refractivity contribution in [1.82, 2.24) is 9.80 Å². The number of nitrogens with zero attached hydrogens (tertiary/aromatic N) is 2. The van der Waals surface area contributed by atoms with E-state index in [4.69, 9.17) is 0 Å². The summed E-state index contributed by atoms with van der Waals surface area (Å²) in [5, 5.41) is 10.8. The van der Waals surface area contributed by atoms with Crippen LogP contribution in [-0.2, 0) is 6.42 Å². The number of aryl methyl sites for hydroxylation is 1. The lowest BCUT2D eigenvalue weighted by Gasteiger charge is -2.48.